The van der Waals surface area contributed by atoms with Crippen molar-refractivity contribution in [2.75, 3.05) is 5.73 Å². The Labute approximate surface area is 151 Å². The molecule has 7 rings (SSSR count). The number of fused-ring (bicyclic) bond motifs is 1. The van der Waals surface area contributed by atoms with Gasteiger partial charge in [0.15, 0.2) is 4.96 Å². The molecule has 2 heterocycles. The van der Waals surface area contributed by atoms with Crippen molar-refractivity contribution in [1.82, 2.24) is 9.38 Å². The maximum Gasteiger partial charge on any atom is 0.194 e. The third-order valence-electron chi connectivity index (χ3n) is 7.03. The summed E-state index contributed by atoms with van der Waals surface area (Å²) >= 11 is 1.74. The van der Waals surface area contributed by atoms with Gasteiger partial charge in [-0.2, -0.15) is 0 Å². The Morgan fingerprint density at radius 2 is 1.72 bits per heavy atom. The number of nitrogens with two attached hydrogens (primary N) is 1. The Kier molecular flexibility index (Phi) is 2.80. The number of benzene rings is 1. The number of imidazole rings is 1. The van der Waals surface area contributed by atoms with Gasteiger partial charge in [-0.1, -0.05) is 18.2 Å². The first-order chi connectivity index (χ1) is 12.2. The lowest BCUT2D eigenvalue weighted by Gasteiger charge is -2.56. The monoisotopic (exact) mass is 349 g/mol. The first-order valence-corrected chi connectivity index (χ1v) is 10.4. The van der Waals surface area contributed by atoms with Crippen molar-refractivity contribution in [3.63, 3.8) is 0 Å². The Morgan fingerprint density at radius 1 is 1.04 bits per heavy atom. The molecule has 0 spiro atoms. The van der Waals surface area contributed by atoms with Crippen molar-refractivity contribution in [2.24, 2.45) is 17.8 Å². The van der Waals surface area contributed by atoms with E-state index in [1.165, 1.54) is 49.9 Å². The molecule has 4 aliphatic rings. The number of nitrogen functional groups attached to an aromatic ring is 1. The van der Waals surface area contributed by atoms with Crippen LogP contribution >= 0.6 is 11.3 Å². The molecule has 25 heavy (non-hydrogen) atoms. The van der Waals surface area contributed by atoms with E-state index in [0.29, 0.717) is 5.41 Å². The van der Waals surface area contributed by atoms with E-state index in [1.807, 2.05) is 12.1 Å². The average Bonchev–Trinajstić information content (AvgIpc) is 3.15. The van der Waals surface area contributed by atoms with Gasteiger partial charge in [-0.3, -0.25) is 4.40 Å². The van der Waals surface area contributed by atoms with Gasteiger partial charge < -0.3 is 5.73 Å². The van der Waals surface area contributed by atoms with Gasteiger partial charge in [0.1, 0.15) is 0 Å². The quantitative estimate of drug-likeness (QED) is 0.653. The van der Waals surface area contributed by atoms with Crippen molar-refractivity contribution in [1.29, 1.82) is 0 Å². The van der Waals surface area contributed by atoms with Crippen LogP contribution in [-0.4, -0.2) is 9.38 Å². The smallest absolute Gasteiger partial charge is 0.194 e. The summed E-state index contributed by atoms with van der Waals surface area (Å²) in [6.45, 7) is 0. The molecule has 3 nitrogen and oxygen atoms in total. The second-order valence-corrected chi connectivity index (χ2v) is 9.52. The highest BCUT2D eigenvalue weighted by atomic mass is 32.1. The fraction of sp³-hybridized carbons (Fsp3) is 0.476. The predicted molar refractivity (Wildman–Crippen MR) is 103 cm³/mol. The molecule has 128 valence electrons. The Bertz CT molecular complexity index is 931. The highest BCUT2D eigenvalue weighted by Crippen LogP contribution is 2.60. The lowest BCUT2D eigenvalue weighted by atomic mass is 9.49. The van der Waals surface area contributed by atoms with E-state index in [1.54, 1.807) is 11.3 Å². The molecular weight excluding hydrogens is 326 g/mol. The number of rotatable bonds is 2. The second-order valence-electron chi connectivity index (χ2n) is 8.68. The van der Waals surface area contributed by atoms with Gasteiger partial charge in [-0.25, -0.2) is 4.98 Å². The Balaban J connectivity index is 1.47. The molecule has 4 heteroatoms. The summed E-state index contributed by atoms with van der Waals surface area (Å²) in [5.41, 5.74) is 11.1. The summed E-state index contributed by atoms with van der Waals surface area (Å²) in [5.74, 6) is 2.86. The highest BCUT2D eigenvalue weighted by molar-refractivity contribution is 7.15. The van der Waals surface area contributed by atoms with Gasteiger partial charge in [0.05, 0.1) is 11.4 Å². The molecule has 2 aromatic heterocycles. The number of hydrogen-bond acceptors (Lipinski definition) is 3. The van der Waals surface area contributed by atoms with E-state index in [-0.39, 0.29) is 0 Å². The average molecular weight is 350 g/mol. The van der Waals surface area contributed by atoms with E-state index < -0.39 is 0 Å². The zero-order chi connectivity index (χ0) is 16.6. The molecule has 1 aromatic carbocycles. The summed E-state index contributed by atoms with van der Waals surface area (Å²) < 4.78 is 2.28. The van der Waals surface area contributed by atoms with Crippen LogP contribution in [0.3, 0.4) is 0 Å². The maximum atomic E-state index is 6.23. The fourth-order valence-corrected chi connectivity index (χ4v) is 7.26. The van der Waals surface area contributed by atoms with E-state index >= 15 is 0 Å². The molecule has 0 saturated heterocycles. The minimum Gasteiger partial charge on any atom is -0.398 e. The van der Waals surface area contributed by atoms with Crippen LogP contribution in [0, 0.1) is 17.8 Å². The van der Waals surface area contributed by atoms with Crippen LogP contribution in [0.4, 0.5) is 5.69 Å². The van der Waals surface area contributed by atoms with E-state index in [4.69, 9.17) is 10.7 Å². The lowest BCUT2D eigenvalue weighted by Crippen LogP contribution is -2.48. The summed E-state index contributed by atoms with van der Waals surface area (Å²) in [6.07, 6.45) is 10.9. The number of para-hydroxylation sites is 1. The zero-order valence-electron chi connectivity index (χ0n) is 14.3. The van der Waals surface area contributed by atoms with Crippen LogP contribution < -0.4 is 5.73 Å². The molecule has 0 atom stereocenters. The van der Waals surface area contributed by atoms with Crippen LogP contribution in [0.25, 0.3) is 16.2 Å². The number of anilines is 1. The molecule has 0 unspecified atom stereocenters. The Morgan fingerprint density at radius 3 is 2.40 bits per heavy atom. The first kappa shape index (κ1) is 14.4. The minimum atomic E-state index is 0.361. The number of aromatic nitrogens is 2. The zero-order valence-corrected chi connectivity index (χ0v) is 15.1. The summed E-state index contributed by atoms with van der Waals surface area (Å²) in [7, 11) is 0. The molecule has 4 aliphatic carbocycles. The molecule has 0 radical (unpaired) electrons. The lowest BCUT2D eigenvalue weighted by molar-refractivity contribution is -0.00696. The number of thiazole rings is 1. The van der Waals surface area contributed by atoms with Crippen molar-refractivity contribution in [3.8, 4) is 11.3 Å². The van der Waals surface area contributed by atoms with Gasteiger partial charge in [0.2, 0.25) is 0 Å². The van der Waals surface area contributed by atoms with Gasteiger partial charge in [-0.05, 0) is 62.3 Å². The van der Waals surface area contributed by atoms with Crippen molar-refractivity contribution < 1.29 is 0 Å². The first-order valence-electron chi connectivity index (χ1n) is 9.52. The van der Waals surface area contributed by atoms with Crippen molar-refractivity contribution >= 4 is 22.0 Å². The topological polar surface area (TPSA) is 43.3 Å². The van der Waals surface area contributed by atoms with Crippen molar-refractivity contribution in [2.45, 2.75) is 43.9 Å². The predicted octanol–water partition coefficient (Wildman–Crippen LogP) is 5.11. The maximum absolute atomic E-state index is 6.23. The molecular formula is C21H23N3S. The van der Waals surface area contributed by atoms with Gasteiger partial charge >= 0.3 is 0 Å². The summed E-state index contributed by atoms with van der Waals surface area (Å²) in [6, 6.07) is 8.15. The highest BCUT2D eigenvalue weighted by Gasteiger charge is 2.52. The molecule has 4 bridgehead atoms. The number of hydrogen-bond donors (Lipinski definition) is 1. The second kappa shape index (κ2) is 4.88. The normalized spacial score (nSPS) is 33.4. The number of nitrogens with zero attached hydrogens (tertiary/aromatic N) is 2. The summed E-state index contributed by atoms with van der Waals surface area (Å²) in [4.78, 5) is 6.23. The van der Waals surface area contributed by atoms with E-state index in [2.05, 4.69) is 28.1 Å². The molecule has 0 aliphatic heterocycles. The van der Waals surface area contributed by atoms with Crippen LogP contribution in [0.15, 0.2) is 35.8 Å². The van der Waals surface area contributed by atoms with Crippen LogP contribution in [0.2, 0.25) is 0 Å². The molecule has 4 saturated carbocycles. The fourth-order valence-electron chi connectivity index (χ4n) is 6.39. The molecule has 3 aromatic rings. The van der Waals surface area contributed by atoms with Crippen LogP contribution in [0.1, 0.15) is 44.2 Å². The standard InChI is InChI=1S/C21H23N3S/c22-17-4-2-1-3-16(17)18-12-25-20-23-19(11-24(18)20)21-8-13-5-14(9-21)7-15(6-13)10-21/h1-4,11-15H,5-10,22H2. The molecule has 0 amide bonds. The van der Waals surface area contributed by atoms with Gasteiger partial charge in [0.25, 0.3) is 0 Å². The van der Waals surface area contributed by atoms with Crippen molar-refractivity contribution in [3.05, 3.63) is 41.5 Å². The van der Waals surface area contributed by atoms with E-state index in [0.717, 1.165) is 34.0 Å². The Hall–Kier alpha value is -1.81. The molecule has 4 fully saturated rings. The third kappa shape index (κ3) is 2.00. The summed E-state index contributed by atoms with van der Waals surface area (Å²) in [5, 5.41) is 2.19. The van der Waals surface area contributed by atoms with Crippen LogP contribution in [-0.2, 0) is 5.41 Å². The SMILES string of the molecule is Nc1ccccc1-c1csc2nc(C34CC5CC(CC(C5)C3)C4)cn12. The molecule has 2 N–H and O–H groups in total. The third-order valence-corrected chi connectivity index (χ3v) is 7.87. The largest absolute Gasteiger partial charge is 0.398 e. The van der Waals surface area contributed by atoms with Crippen LogP contribution in [0.5, 0.6) is 0 Å². The van der Waals surface area contributed by atoms with E-state index in [9.17, 15) is 0 Å². The van der Waals surface area contributed by atoms with Gasteiger partial charge in [0, 0.05) is 28.2 Å². The minimum absolute atomic E-state index is 0.361. The van der Waals surface area contributed by atoms with Gasteiger partial charge in [-0.15, -0.1) is 11.3 Å².